The van der Waals surface area contributed by atoms with Gasteiger partial charge in [-0.3, -0.25) is 4.79 Å². The molecule has 138 valence electrons. The first-order chi connectivity index (χ1) is 12.4. The molecule has 26 heavy (non-hydrogen) atoms. The number of sulfonamides is 1. The first kappa shape index (κ1) is 19.8. The summed E-state index contributed by atoms with van der Waals surface area (Å²) >= 11 is 0. The van der Waals surface area contributed by atoms with Crippen molar-refractivity contribution in [2.45, 2.75) is 25.7 Å². The van der Waals surface area contributed by atoms with Crippen molar-refractivity contribution in [2.24, 2.45) is 5.10 Å². The molecule has 6 nitrogen and oxygen atoms in total. The van der Waals surface area contributed by atoms with E-state index in [0.717, 1.165) is 11.1 Å². The summed E-state index contributed by atoms with van der Waals surface area (Å²) in [6.45, 7) is 6.26. The number of benzene rings is 2. The average molecular weight is 373 g/mol. The van der Waals surface area contributed by atoms with Gasteiger partial charge in [0, 0.05) is 18.7 Å². The van der Waals surface area contributed by atoms with Crippen LogP contribution < -0.4 is 5.43 Å². The number of hydrazone groups is 1. The van der Waals surface area contributed by atoms with Crippen LogP contribution in [0.15, 0.2) is 58.5 Å². The number of hydrogen-bond acceptors (Lipinski definition) is 4. The third kappa shape index (κ3) is 4.77. The zero-order valence-corrected chi connectivity index (χ0v) is 16.0. The predicted octanol–water partition coefficient (Wildman–Crippen LogP) is 2.79. The largest absolute Gasteiger partial charge is 0.271 e. The van der Waals surface area contributed by atoms with Crippen molar-refractivity contribution in [2.75, 3.05) is 13.1 Å². The molecule has 0 aliphatic carbocycles. The molecule has 0 unspecified atom stereocenters. The molecule has 0 saturated heterocycles. The number of nitrogens with one attached hydrogen (secondary N) is 1. The topological polar surface area (TPSA) is 78.8 Å². The van der Waals surface area contributed by atoms with Gasteiger partial charge in [-0.1, -0.05) is 49.7 Å². The highest BCUT2D eigenvalue weighted by molar-refractivity contribution is 7.89. The molecular weight excluding hydrogens is 350 g/mol. The van der Waals surface area contributed by atoms with Gasteiger partial charge in [0.05, 0.1) is 11.1 Å². The molecule has 0 heterocycles. The Balaban J connectivity index is 2.15. The second-order valence-electron chi connectivity index (χ2n) is 5.73. The second-order valence-corrected chi connectivity index (χ2v) is 7.67. The standard InChI is InChI=1S/C19H23N3O3S/c1-4-22(5-2)26(24,25)18-11-7-10-17(13-18)19(23)21-20-14-16-9-6-8-15(3)12-16/h6-14H,4-5H2,1-3H3,(H,21,23)/b20-14-. The summed E-state index contributed by atoms with van der Waals surface area (Å²) in [4.78, 5) is 12.4. The monoisotopic (exact) mass is 373 g/mol. The third-order valence-electron chi connectivity index (χ3n) is 3.86. The van der Waals surface area contributed by atoms with E-state index < -0.39 is 15.9 Å². The van der Waals surface area contributed by atoms with Gasteiger partial charge in [0.1, 0.15) is 0 Å². The maximum absolute atomic E-state index is 12.6. The van der Waals surface area contributed by atoms with Gasteiger partial charge in [0.25, 0.3) is 5.91 Å². The van der Waals surface area contributed by atoms with Crippen LogP contribution in [0.4, 0.5) is 0 Å². The lowest BCUT2D eigenvalue weighted by atomic mass is 10.2. The molecule has 1 N–H and O–H groups in total. The Morgan fingerprint density at radius 2 is 1.81 bits per heavy atom. The summed E-state index contributed by atoms with van der Waals surface area (Å²) in [6, 6.07) is 13.6. The van der Waals surface area contributed by atoms with Crippen LogP contribution in [0.2, 0.25) is 0 Å². The molecule has 0 atom stereocenters. The van der Waals surface area contributed by atoms with E-state index in [1.165, 1.54) is 16.4 Å². The van der Waals surface area contributed by atoms with Crippen molar-refractivity contribution < 1.29 is 13.2 Å². The fourth-order valence-corrected chi connectivity index (χ4v) is 4.00. The zero-order chi connectivity index (χ0) is 19.2. The molecule has 0 bridgehead atoms. The molecule has 0 fully saturated rings. The van der Waals surface area contributed by atoms with E-state index in [0.29, 0.717) is 13.1 Å². The summed E-state index contributed by atoms with van der Waals surface area (Å²) < 4.78 is 26.5. The fourth-order valence-electron chi connectivity index (χ4n) is 2.49. The van der Waals surface area contributed by atoms with Gasteiger partial charge in [0.15, 0.2) is 0 Å². The van der Waals surface area contributed by atoms with Crippen LogP contribution in [-0.2, 0) is 10.0 Å². The Bertz CT molecular complexity index is 904. The van der Waals surface area contributed by atoms with Crippen LogP contribution >= 0.6 is 0 Å². The highest BCUT2D eigenvalue weighted by atomic mass is 32.2. The lowest BCUT2D eigenvalue weighted by Gasteiger charge is -2.18. The number of rotatable bonds is 7. The summed E-state index contributed by atoms with van der Waals surface area (Å²) in [6.07, 6.45) is 1.54. The highest BCUT2D eigenvalue weighted by Crippen LogP contribution is 2.17. The van der Waals surface area contributed by atoms with Gasteiger partial charge in [-0.2, -0.15) is 9.41 Å². The molecule has 0 aliphatic heterocycles. The minimum absolute atomic E-state index is 0.0940. The van der Waals surface area contributed by atoms with Gasteiger partial charge in [-0.25, -0.2) is 13.8 Å². The molecule has 0 spiro atoms. The molecule has 2 aromatic rings. The molecule has 0 aromatic heterocycles. The van der Waals surface area contributed by atoms with Gasteiger partial charge in [0.2, 0.25) is 10.0 Å². The number of nitrogens with zero attached hydrogens (tertiary/aromatic N) is 2. The van der Waals surface area contributed by atoms with Crippen LogP contribution in [0.5, 0.6) is 0 Å². The van der Waals surface area contributed by atoms with Crippen molar-refractivity contribution in [1.29, 1.82) is 0 Å². The van der Waals surface area contributed by atoms with E-state index in [9.17, 15) is 13.2 Å². The number of carbonyl (C=O) groups excluding carboxylic acids is 1. The van der Waals surface area contributed by atoms with Gasteiger partial charge in [-0.15, -0.1) is 0 Å². The molecule has 0 radical (unpaired) electrons. The van der Waals surface area contributed by atoms with Crippen molar-refractivity contribution in [1.82, 2.24) is 9.73 Å². The van der Waals surface area contributed by atoms with E-state index in [2.05, 4.69) is 10.5 Å². The average Bonchev–Trinajstić information content (AvgIpc) is 2.62. The molecule has 2 aromatic carbocycles. The predicted molar refractivity (Wildman–Crippen MR) is 103 cm³/mol. The van der Waals surface area contributed by atoms with Crippen LogP contribution in [0.3, 0.4) is 0 Å². The first-order valence-corrected chi connectivity index (χ1v) is 9.82. The van der Waals surface area contributed by atoms with Gasteiger partial charge in [-0.05, 0) is 30.7 Å². The molecule has 2 rings (SSSR count). The Hall–Kier alpha value is -2.51. The Morgan fingerprint density at radius 3 is 2.46 bits per heavy atom. The number of aryl methyl sites for hydroxylation is 1. The van der Waals surface area contributed by atoms with Crippen LogP contribution in [0.1, 0.15) is 35.3 Å². The van der Waals surface area contributed by atoms with E-state index >= 15 is 0 Å². The highest BCUT2D eigenvalue weighted by Gasteiger charge is 2.22. The third-order valence-corrected chi connectivity index (χ3v) is 5.91. The van der Waals surface area contributed by atoms with Crippen molar-refractivity contribution >= 4 is 22.1 Å². The molecular formula is C19H23N3O3S. The quantitative estimate of drug-likeness (QED) is 0.599. The summed E-state index contributed by atoms with van der Waals surface area (Å²) in [5.41, 5.74) is 4.62. The Labute approximate surface area is 154 Å². The summed E-state index contributed by atoms with van der Waals surface area (Å²) in [5, 5.41) is 3.93. The number of hydrogen-bond donors (Lipinski definition) is 1. The van der Waals surface area contributed by atoms with Gasteiger partial charge < -0.3 is 0 Å². The van der Waals surface area contributed by atoms with E-state index in [4.69, 9.17) is 0 Å². The van der Waals surface area contributed by atoms with Crippen molar-refractivity contribution in [3.8, 4) is 0 Å². The maximum atomic E-state index is 12.6. The van der Waals surface area contributed by atoms with E-state index in [-0.39, 0.29) is 10.5 Å². The molecule has 1 amide bonds. The molecule has 7 heteroatoms. The lowest BCUT2D eigenvalue weighted by molar-refractivity contribution is 0.0955. The minimum Gasteiger partial charge on any atom is -0.267 e. The normalized spacial score (nSPS) is 11.8. The lowest BCUT2D eigenvalue weighted by Crippen LogP contribution is -2.30. The second kappa shape index (κ2) is 8.73. The maximum Gasteiger partial charge on any atom is 0.271 e. The first-order valence-electron chi connectivity index (χ1n) is 8.38. The minimum atomic E-state index is -3.61. The number of carbonyl (C=O) groups is 1. The van der Waals surface area contributed by atoms with Crippen LogP contribution in [-0.4, -0.2) is 37.9 Å². The van der Waals surface area contributed by atoms with Crippen molar-refractivity contribution in [3.63, 3.8) is 0 Å². The Morgan fingerprint density at radius 1 is 1.12 bits per heavy atom. The van der Waals surface area contributed by atoms with E-state index in [1.54, 1.807) is 32.2 Å². The van der Waals surface area contributed by atoms with Crippen LogP contribution in [0.25, 0.3) is 0 Å². The SMILES string of the molecule is CCN(CC)S(=O)(=O)c1cccc(C(=O)N/N=C\c2cccc(C)c2)c1. The van der Waals surface area contributed by atoms with E-state index in [1.807, 2.05) is 31.2 Å². The number of amides is 1. The molecule has 0 aliphatic rings. The zero-order valence-electron chi connectivity index (χ0n) is 15.1. The smallest absolute Gasteiger partial charge is 0.267 e. The Kier molecular flexibility index (Phi) is 6.65. The summed E-state index contributed by atoms with van der Waals surface area (Å²) in [5.74, 6) is -0.467. The fraction of sp³-hybridized carbons (Fsp3) is 0.263. The van der Waals surface area contributed by atoms with Gasteiger partial charge >= 0.3 is 0 Å². The van der Waals surface area contributed by atoms with Crippen molar-refractivity contribution in [3.05, 3.63) is 65.2 Å². The van der Waals surface area contributed by atoms with Crippen LogP contribution in [0, 0.1) is 6.92 Å². The summed E-state index contributed by atoms with van der Waals surface area (Å²) in [7, 11) is -3.61. The molecule has 0 saturated carbocycles.